The van der Waals surface area contributed by atoms with Crippen molar-refractivity contribution >= 4 is 27.4 Å². The Balaban J connectivity index is 2.07. The van der Waals surface area contributed by atoms with Gasteiger partial charge in [0.25, 0.3) is 5.92 Å². The number of hydrogen-bond donors (Lipinski definition) is 2. The molecule has 128 valence electrons. The van der Waals surface area contributed by atoms with E-state index in [-0.39, 0.29) is 25.9 Å². The number of benzene rings is 1. The number of hydrogen-bond acceptors (Lipinski definition) is 3. The zero-order valence-corrected chi connectivity index (χ0v) is 13.7. The first-order valence-electron chi connectivity index (χ1n) is 7.08. The van der Waals surface area contributed by atoms with Crippen LogP contribution in [0.3, 0.4) is 0 Å². The van der Waals surface area contributed by atoms with Crippen LogP contribution in [0.25, 0.3) is 0 Å². The summed E-state index contributed by atoms with van der Waals surface area (Å²) >= 11 is 0. The Kier molecular flexibility index (Phi) is 4.79. The van der Waals surface area contributed by atoms with Gasteiger partial charge in [-0.2, -0.15) is 0 Å². The van der Waals surface area contributed by atoms with Crippen molar-refractivity contribution in [3.8, 4) is 0 Å². The molecule has 2 rings (SSSR count). The maximum atomic E-state index is 13.1. The van der Waals surface area contributed by atoms with Gasteiger partial charge in [-0.15, -0.1) is 0 Å². The van der Waals surface area contributed by atoms with Crippen molar-refractivity contribution in [1.29, 1.82) is 0 Å². The van der Waals surface area contributed by atoms with E-state index in [0.717, 1.165) is 11.8 Å². The second-order valence-corrected chi connectivity index (χ2v) is 7.43. The number of aryl methyl sites for hydroxylation is 1. The van der Waals surface area contributed by atoms with E-state index in [1.165, 1.54) is 11.0 Å². The van der Waals surface area contributed by atoms with E-state index < -0.39 is 22.0 Å². The second kappa shape index (κ2) is 6.31. The maximum absolute atomic E-state index is 13.1. The molecule has 6 nitrogen and oxygen atoms in total. The Morgan fingerprint density at radius 2 is 1.87 bits per heavy atom. The molecule has 1 aliphatic rings. The van der Waals surface area contributed by atoms with E-state index in [4.69, 9.17) is 0 Å². The highest BCUT2D eigenvalue weighted by atomic mass is 32.2. The van der Waals surface area contributed by atoms with E-state index in [1.54, 1.807) is 19.1 Å². The van der Waals surface area contributed by atoms with Crippen molar-refractivity contribution in [2.75, 3.05) is 29.4 Å². The molecule has 0 radical (unpaired) electrons. The van der Waals surface area contributed by atoms with Crippen LogP contribution in [0.4, 0.5) is 25.0 Å². The number of carbonyl (C=O) groups is 1. The zero-order chi connectivity index (χ0) is 17.3. The van der Waals surface area contributed by atoms with Gasteiger partial charge in [-0.25, -0.2) is 22.0 Å². The average Bonchev–Trinajstić information content (AvgIpc) is 2.40. The van der Waals surface area contributed by atoms with Crippen LogP contribution in [-0.4, -0.2) is 44.6 Å². The van der Waals surface area contributed by atoms with E-state index in [9.17, 15) is 22.0 Å². The van der Waals surface area contributed by atoms with Crippen molar-refractivity contribution in [2.24, 2.45) is 0 Å². The third kappa shape index (κ3) is 5.05. The predicted octanol–water partition coefficient (Wildman–Crippen LogP) is 2.63. The molecule has 0 atom stereocenters. The largest absolute Gasteiger partial charge is 0.324 e. The van der Waals surface area contributed by atoms with Gasteiger partial charge >= 0.3 is 6.03 Å². The number of carbonyl (C=O) groups excluding carboxylic acids is 1. The molecule has 1 saturated heterocycles. The van der Waals surface area contributed by atoms with Crippen LogP contribution >= 0.6 is 0 Å². The van der Waals surface area contributed by atoms with E-state index in [1.807, 2.05) is 0 Å². The van der Waals surface area contributed by atoms with Gasteiger partial charge in [-0.3, -0.25) is 4.72 Å². The highest BCUT2D eigenvalue weighted by Crippen LogP contribution is 2.28. The minimum absolute atomic E-state index is 0.0147. The lowest BCUT2D eigenvalue weighted by atomic mass is 10.1. The topological polar surface area (TPSA) is 78.5 Å². The van der Waals surface area contributed by atoms with Crippen LogP contribution in [-0.2, 0) is 10.0 Å². The molecule has 1 aromatic rings. The standard InChI is InChI=1S/C14H19F2N3O3S/c1-10-3-4-11(18-23(2,21)22)9-12(10)17-13(20)19-7-5-14(15,16)6-8-19/h3-4,9,18H,5-8H2,1-2H3,(H,17,20). The monoisotopic (exact) mass is 347 g/mol. The Hall–Kier alpha value is -1.90. The summed E-state index contributed by atoms with van der Waals surface area (Å²) in [6, 6.07) is 4.26. The third-order valence-electron chi connectivity index (χ3n) is 3.56. The van der Waals surface area contributed by atoms with Crippen LogP contribution in [0, 0.1) is 6.92 Å². The first kappa shape index (κ1) is 17.5. The Morgan fingerprint density at radius 1 is 1.26 bits per heavy atom. The second-order valence-electron chi connectivity index (χ2n) is 5.68. The average molecular weight is 347 g/mol. The van der Waals surface area contributed by atoms with Gasteiger partial charge in [0, 0.05) is 31.6 Å². The Morgan fingerprint density at radius 3 is 2.43 bits per heavy atom. The number of alkyl halides is 2. The van der Waals surface area contributed by atoms with Gasteiger partial charge < -0.3 is 10.2 Å². The molecule has 0 bridgehead atoms. The lowest BCUT2D eigenvalue weighted by Crippen LogP contribution is -2.44. The van der Waals surface area contributed by atoms with Crippen molar-refractivity contribution in [2.45, 2.75) is 25.7 Å². The molecule has 2 N–H and O–H groups in total. The molecule has 0 unspecified atom stereocenters. The van der Waals surface area contributed by atoms with Crippen LogP contribution < -0.4 is 10.0 Å². The summed E-state index contributed by atoms with van der Waals surface area (Å²) in [5.41, 5.74) is 1.49. The SMILES string of the molecule is Cc1ccc(NS(C)(=O)=O)cc1NC(=O)N1CCC(F)(F)CC1. The van der Waals surface area contributed by atoms with Crippen LogP contribution in [0.2, 0.25) is 0 Å². The minimum Gasteiger partial charge on any atom is -0.324 e. The van der Waals surface area contributed by atoms with Crippen molar-refractivity contribution in [3.63, 3.8) is 0 Å². The number of piperidine rings is 1. The van der Waals surface area contributed by atoms with Gasteiger partial charge in [-0.1, -0.05) is 6.07 Å². The van der Waals surface area contributed by atoms with Gasteiger partial charge in [-0.05, 0) is 24.6 Å². The first-order valence-corrected chi connectivity index (χ1v) is 8.97. The molecule has 2 amide bonds. The van der Waals surface area contributed by atoms with Gasteiger partial charge in [0.15, 0.2) is 0 Å². The lowest BCUT2D eigenvalue weighted by molar-refractivity contribution is -0.0461. The summed E-state index contributed by atoms with van der Waals surface area (Å²) in [7, 11) is -3.43. The van der Waals surface area contributed by atoms with E-state index >= 15 is 0 Å². The van der Waals surface area contributed by atoms with Crippen LogP contribution in [0.15, 0.2) is 18.2 Å². The molecule has 1 aliphatic heterocycles. The number of amides is 2. The quantitative estimate of drug-likeness (QED) is 0.882. The first-order chi connectivity index (χ1) is 10.6. The number of anilines is 2. The summed E-state index contributed by atoms with van der Waals surface area (Å²) in [4.78, 5) is 13.5. The molecule has 1 fully saturated rings. The number of rotatable bonds is 3. The number of likely N-dealkylation sites (tertiary alicyclic amines) is 1. The molecule has 1 heterocycles. The highest BCUT2D eigenvalue weighted by Gasteiger charge is 2.35. The molecule has 23 heavy (non-hydrogen) atoms. The van der Waals surface area contributed by atoms with Crippen molar-refractivity contribution in [1.82, 2.24) is 4.90 Å². The fourth-order valence-electron chi connectivity index (χ4n) is 2.27. The third-order valence-corrected chi connectivity index (χ3v) is 4.17. The fraction of sp³-hybridized carbons (Fsp3) is 0.500. The number of halogens is 2. The van der Waals surface area contributed by atoms with Crippen LogP contribution in [0.5, 0.6) is 0 Å². The fourth-order valence-corrected chi connectivity index (χ4v) is 2.82. The summed E-state index contributed by atoms with van der Waals surface area (Å²) < 4.78 is 51.1. The summed E-state index contributed by atoms with van der Waals surface area (Å²) in [6.45, 7) is 1.72. The molecule has 0 aromatic heterocycles. The van der Waals surface area contributed by atoms with Crippen LogP contribution in [0.1, 0.15) is 18.4 Å². The van der Waals surface area contributed by atoms with Gasteiger partial charge in [0.1, 0.15) is 0 Å². The normalized spacial score (nSPS) is 17.7. The highest BCUT2D eigenvalue weighted by molar-refractivity contribution is 7.92. The minimum atomic E-state index is -3.43. The van der Waals surface area contributed by atoms with Crippen molar-refractivity contribution < 1.29 is 22.0 Å². The lowest BCUT2D eigenvalue weighted by Gasteiger charge is -2.31. The smallest absolute Gasteiger partial charge is 0.321 e. The number of sulfonamides is 1. The molecule has 0 aliphatic carbocycles. The maximum Gasteiger partial charge on any atom is 0.321 e. The number of urea groups is 1. The summed E-state index contributed by atoms with van der Waals surface area (Å²) in [5, 5.41) is 2.64. The molecule has 1 aromatic carbocycles. The summed E-state index contributed by atoms with van der Waals surface area (Å²) in [5.74, 6) is -2.72. The molecule has 0 saturated carbocycles. The van der Waals surface area contributed by atoms with E-state index in [0.29, 0.717) is 11.4 Å². The molecule has 9 heteroatoms. The van der Waals surface area contributed by atoms with Gasteiger partial charge in [0.2, 0.25) is 10.0 Å². The van der Waals surface area contributed by atoms with Gasteiger partial charge in [0.05, 0.1) is 11.9 Å². The van der Waals surface area contributed by atoms with Crippen molar-refractivity contribution in [3.05, 3.63) is 23.8 Å². The molecular formula is C14H19F2N3O3S. The Bertz CT molecular complexity index is 697. The molecular weight excluding hydrogens is 328 g/mol. The summed E-state index contributed by atoms with van der Waals surface area (Å²) in [6.07, 6.45) is 0.323. The Labute approximate surface area is 133 Å². The predicted molar refractivity (Wildman–Crippen MR) is 84.4 cm³/mol. The zero-order valence-electron chi connectivity index (χ0n) is 12.9. The number of nitrogens with one attached hydrogen (secondary N) is 2. The van der Waals surface area contributed by atoms with E-state index in [2.05, 4.69) is 10.0 Å². The molecule has 0 spiro atoms. The number of nitrogens with zero attached hydrogens (tertiary/aromatic N) is 1.